The number of esters is 1. The van der Waals surface area contributed by atoms with E-state index < -0.39 is 22.0 Å². The van der Waals surface area contributed by atoms with Gasteiger partial charge in [0.25, 0.3) is 0 Å². The molecule has 2 aromatic carbocycles. The third kappa shape index (κ3) is 4.43. The molecule has 7 heteroatoms. The summed E-state index contributed by atoms with van der Waals surface area (Å²) in [5, 5.41) is 0. The molecule has 0 saturated carbocycles. The van der Waals surface area contributed by atoms with Crippen molar-refractivity contribution in [2.24, 2.45) is 0 Å². The first kappa shape index (κ1) is 18.6. The van der Waals surface area contributed by atoms with Crippen molar-refractivity contribution in [3.8, 4) is 0 Å². The van der Waals surface area contributed by atoms with Gasteiger partial charge in [0.05, 0.1) is 17.1 Å². The van der Waals surface area contributed by atoms with Gasteiger partial charge >= 0.3 is 5.97 Å². The molecule has 0 aliphatic carbocycles. The summed E-state index contributed by atoms with van der Waals surface area (Å²) in [6.45, 7) is 3.75. The van der Waals surface area contributed by atoms with Gasteiger partial charge in [0.2, 0.25) is 10.0 Å². The summed E-state index contributed by atoms with van der Waals surface area (Å²) in [5.41, 5.74) is 1.15. The van der Waals surface area contributed by atoms with Crippen LogP contribution in [0.5, 0.6) is 0 Å². The first-order chi connectivity index (χ1) is 11.3. The fourth-order valence-electron chi connectivity index (χ4n) is 2.18. The maximum absolute atomic E-state index is 12.5. The summed E-state index contributed by atoms with van der Waals surface area (Å²) in [5.74, 6) is -0.476. The number of carbonyl (C=O) groups excluding carboxylic acids is 1. The van der Waals surface area contributed by atoms with Gasteiger partial charge in [-0.05, 0) is 49.7 Å². The largest absolute Gasteiger partial charge is 0.462 e. The molecule has 0 unspecified atom stereocenters. The molecule has 0 heterocycles. The van der Waals surface area contributed by atoms with E-state index in [4.69, 9.17) is 4.74 Å². The van der Waals surface area contributed by atoms with E-state index in [0.29, 0.717) is 5.56 Å². The molecule has 0 radical (unpaired) electrons. The van der Waals surface area contributed by atoms with Crippen molar-refractivity contribution in [1.29, 1.82) is 0 Å². The predicted octanol–water partition coefficient (Wildman–Crippen LogP) is 3.67. The minimum Gasteiger partial charge on any atom is -0.462 e. The number of hydrogen-bond donors (Lipinski definition) is 1. The van der Waals surface area contributed by atoms with E-state index in [-0.39, 0.29) is 11.5 Å². The van der Waals surface area contributed by atoms with E-state index in [2.05, 4.69) is 20.7 Å². The minimum atomic E-state index is -3.70. The third-order valence-corrected chi connectivity index (χ3v) is 5.66. The lowest BCUT2D eigenvalue weighted by atomic mass is 10.1. The molecule has 1 N–H and O–H groups in total. The molecule has 1 atom stereocenters. The van der Waals surface area contributed by atoms with Gasteiger partial charge in [0, 0.05) is 10.5 Å². The number of benzene rings is 2. The first-order valence-corrected chi connectivity index (χ1v) is 9.66. The highest BCUT2D eigenvalue weighted by atomic mass is 79.9. The molecule has 2 rings (SSSR count). The zero-order valence-corrected chi connectivity index (χ0v) is 15.7. The summed E-state index contributed by atoms with van der Waals surface area (Å²) in [4.78, 5) is 11.7. The lowest BCUT2D eigenvalue weighted by Gasteiger charge is -2.16. The van der Waals surface area contributed by atoms with E-state index >= 15 is 0 Å². The molecule has 0 saturated heterocycles. The molecule has 24 heavy (non-hydrogen) atoms. The second kappa shape index (κ2) is 7.92. The topological polar surface area (TPSA) is 72.5 Å². The average molecular weight is 412 g/mol. The molecule has 0 bridgehead atoms. The molecule has 128 valence electrons. The zero-order valence-electron chi connectivity index (χ0n) is 13.3. The summed E-state index contributed by atoms with van der Waals surface area (Å²) in [7, 11) is -3.70. The number of halogens is 1. The van der Waals surface area contributed by atoms with Crippen LogP contribution in [-0.2, 0) is 14.8 Å². The van der Waals surface area contributed by atoms with Crippen molar-refractivity contribution in [3.63, 3.8) is 0 Å². The van der Waals surface area contributed by atoms with Crippen molar-refractivity contribution in [1.82, 2.24) is 4.72 Å². The molecule has 2 aromatic rings. The van der Waals surface area contributed by atoms with Crippen LogP contribution >= 0.6 is 15.9 Å². The smallest absolute Gasteiger partial charge is 0.338 e. The Bertz CT molecular complexity index is 819. The monoisotopic (exact) mass is 411 g/mol. The Morgan fingerprint density at radius 1 is 1.17 bits per heavy atom. The molecular weight excluding hydrogens is 394 g/mol. The van der Waals surface area contributed by atoms with Crippen LogP contribution in [0.25, 0.3) is 0 Å². The van der Waals surface area contributed by atoms with Crippen LogP contribution in [-0.4, -0.2) is 21.0 Å². The van der Waals surface area contributed by atoms with E-state index in [9.17, 15) is 13.2 Å². The molecule has 0 amide bonds. The van der Waals surface area contributed by atoms with Gasteiger partial charge in [0.15, 0.2) is 0 Å². The van der Waals surface area contributed by atoms with Gasteiger partial charge in [-0.25, -0.2) is 17.9 Å². The van der Waals surface area contributed by atoms with Crippen molar-refractivity contribution in [2.75, 3.05) is 6.61 Å². The Hall–Kier alpha value is -1.70. The van der Waals surface area contributed by atoms with Crippen molar-refractivity contribution < 1.29 is 17.9 Å². The van der Waals surface area contributed by atoms with Gasteiger partial charge in [-0.1, -0.05) is 34.1 Å². The number of hydrogen-bond acceptors (Lipinski definition) is 4. The van der Waals surface area contributed by atoms with E-state index in [1.54, 1.807) is 13.8 Å². The molecule has 0 fully saturated rings. The van der Waals surface area contributed by atoms with Crippen LogP contribution in [0.2, 0.25) is 0 Å². The highest BCUT2D eigenvalue weighted by molar-refractivity contribution is 9.10. The number of sulfonamides is 1. The summed E-state index contributed by atoms with van der Waals surface area (Å²) >= 11 is 3.41. The molecule has 0 aliphatic rings. The molecule has 0 aliphatic heterocycles. The fourth-order valence-corrected chi connectivity index (χ4v) is 4.03. The van der Waals surface area contributed by atoms with Crippen LogP contribution in [0.4, 0.5) is 0 Å². The second-order valence-electron chi connectivity index (χ2n) is 5.11. The average Bonchev–Trinajstić information content (AvgIpc) is 2.55. The maximum Gasteiger partial charge on any atom is 0.338 e. The Kier molecular flexibility index (Phi) is 6.15. The van der Waals surface area contributed by atoms with Gasteiger partial charge in [-0.15, -0.1) is 0 Å². The van der Waals surface area contributed by atoms with E-state index in [1.807, 2.05) is 24.3 Å². The number of ether oxygens (including phenoxy) is 1. The maximum atomic E-state index is 12.5. The first-order valence-electron chi connectivity index (χ1n) is 7.39. The van der Waals surface area contributed by atoms with Gasteiger partial charge in [-0.2, -0.15) is 0 Å². The third-order valence-electron chi connectivity index (χ3n) is 3.38. The summed E-state index contributed by atoms with van der Waals surface area (Å²) in [6, 6.07) is 12.7. The lowest BCUT2D eigenvalue weighted by Crippen LogP contribution is -2.27. The van der Waals surface area contributed by atoms with Gasteiger partial charge in [0.1, 0.15) is 0 Å². The number of carbonyl (C=O) groups is 1. The second-order valence-corrected chi connectivity index (χ2v) is 7.68. The van der Waals surface area contributed by atoms with Crippen molar-refractivity contribution in [3.05, 3.63) is 64.1 Å². The van der Waals surface area contributed by atoms with Crippen LogP contribution in [0.1, 0.15) is 35.8 Å². The molecule has 5 nitrogen and oxygen atoms in total. The zero-order chi connectivity index (χ0) is 17.7. The Labute approximate surface area is 150 Å². The SMILES string of the molecule is CCOC(=O)c1ccc(S(=O)(=O)N[C@@H](C)c2ccccc2Br)cc1. The Morgan fingerprint density at radius 2 is 1.79 bits per heavy atom. The number of nitrogens with one attached hydrogen (secondary N) is 1. The van der Waals surface area contributed by atoms with Gasteiger partial charge < -0.3 is 4.74 Å². The van der Waals surface area contributed by atoms with Crippen molar-refractivity contribution in [2.45, 2.75) is 24.8 Å². The highest BCUT2D eigenvalue weighted by Crippen LogP contribution is 2.24. The highest BCUT2D eigenvalue weighted by Gasteiger charge is 2.20. The van der Waals surface area contributed by atoms with Crippen molar-refractivity contribution >= 4 is 31.9 Å². The normalized spacial score (nSPS) is 12.6. The quantitative estimate of drug-likeness (QED) is 0.735. The predicted molar refractivity (Wildman–Crippen MR) is 95.3 cm³/mol. The van der Waals surface area contributed by atoms with Crippen LogP contribution in [0.3, 0.4) is 0 Å². The standard InChI is InChI=1S/C17H18BrNO4S/c1-3-23-17(20)13-8-10-14(11-9-13)24(21,22)19-12(2)15-6-4-5-7-16(15)18/h4-12,19H,3H2,1-2H3/t12-/m0/s1. The van der Waals surface area contributed by atoms with E-state index in [1.165, 1.54) is 24.3 Å². The fraction of sp³-hybridized carbons (Fsp3) is 0.235. The van der Waals surface area contributed by atoms with Gasteiger partial charge in [-0.3, -0.25) is 0 Å². The Morgan fingerprint density at radius 3 is 2.38 bits per heavy atom. The van der Waals surface area contributed by atoms with E-state index in [0.717, 1.165) is 10.0 Å². The minimum absolute atomic E-state index is 0.0921. The molecule has 0 aromatic heterocycles. The van der Waals surface area contributed by atoms with Crippen LogP contribution in [0.15, 0.2) is 57.9 Å². The van der Waals surface area contributed by atoms with Crippen LogP contribution < -0.4 is 4.72 Å². The van der Waals surface area contributed by atoms with Crippen LogP contribution in [0, 0.1) is 0 Å². The summed E-state index contributed by atoms with van der Waals surface area (Å²) < 4.78 is 33.3. The summed E-state index contributed by atoms with van der Waals surface area (Å²) in [6.07, 6.45) is 0. The lowest BCUT2D eigenvalue weighted by molar-refractivity contribution is 0.0526. The molecule has 0 spiro atoms. The number of rotatable bonds is 6. The molecular formula is C17H18BrNO4S. The Balaban J connectivity index is 2.18.